The molecule has 1 aromatic heterocycles. The highest BCUT2D eigenvalue weighted by atomic mass is 19.1. The van der Waals surface area contributed by atoms with Gasteiger partial charge in [-0.1, -0.05) is 6.92 Å². The van der Waals surface area contributed by atoms with Crippen molar-refractivity contribution in [1.29, 1.82) is 0 Å². The maximum absolute atomic E-state index is 14.2. The lowest BCUT2D eigenvalue weighted by Gasteiger charge is -2.38. The molecule has 3 rings (SSSR count). The summed E-state index contributed by atoms with van der Waals surface area (Å²) >= 11 is 0. The third-order valence-electron chi connectivity index (χ3n) is 4.64. The van der Waals surface area contributed by atoms with Crippen LogP contribution in [0.1, 0.15) is 45.6 Å². The van der Waals surface area contributed by atoms with Crippen LogP contribution in [-0.2, 0) is 4.74 Å². The van der Waals surface area contributed by atoms with Crippen molar-refractivity contribution in [2.75, 3.05) is 19.8 Å². The smallest absolute Gasteiger partial charge is 0.137 e. The van der Waals surface area contributed by atoms with Gasteiger partial charge in [-0.2, -0.15) is 0 Å². The van der Waals surface area contributed by atoms with E-state index in [4.69, 9.17) is 9.15 Å². The molecule has 1 saturated heterocycles. The van der Waals surface area contributed by atoms with E-state index in [9.17, 15) is 4.39 Å². The molecule has 1 aliphatic rings. The van der Waals surface area contributed by atoms with Gasteiger partial charge in [0.1, 0.15) is 11.4 Å². The summed E-state index contributed by atoms with van der Waals surface area (Å²) in [5.74, 6) is 0.640. The summed E-state index contributed by atoms with van der Waals surface area (Å²) in [5, 5.41) is 0.567. The lowest BCUT2D eigenvalue weighted by Crippen LogP contribution is -2.41. The van der Waals surface area contributed by atoms with Gasteiger partial charge in [0.05, 0.1) is 24.0 Å². The van der Waals surface area contributed by atoms with Gasteiger partial charge in [0.15, 0.2) is 0 Å². The standard InChI is InChI=1S/C19H26FNO2/c1-13-11-21(12-23-19(2,3)4)7-5-15(13)14-9-17(20)16-6-8-22-18(16)10-14/h6,8-10,13,15H,5,7,11-12H2,1-4H3/t13-,15+/m0/s1. The highest BCUT2D eigenvalue weighted by Gasteiger charge is 2.29. The zero-order valence-corrected chi connectivity index (χ0v) is 14.4. The lowest BCUT2D eigenvalue weighted by atomic mass is 9.81. The number of fused-ring (bicyclic) bond motifs is 1. The fraction of sp³-hybridized carbons (Fsp3) is 0.579. The number of hydrogen-bond donors (Lipinski definition) is 0. The summed E-state index contributed by atoms with van der Waals surface area (Å²) in [4.78, 5) is 2.34. The van der Waals surface area contributed by atoms with Gasteiger partial charge >= 0.3 is 0 Å². The Morgan fingerprint density at radius 1 is 1.35 bits per heavy atom. The van der Waals surface area contributed by atoms with Crippen molar-refractivity contribution in [2.45, 2.75) is 45.6 Å². The molecule has 0 bridgehead atoms. The maximum Gasteiger partial charge on any atom is 0.137 e. The van der Waals surface area contributed by atoms with E-state index in [1.807, 2.05) is 6.07 Å². The molecule has 0 saturated carbocycles. The number of rotatable bonds is 3. The maximum atomic E-state index is 14.2. The van der Waals surface area contributed by atoms with Crippen molar-refractivity contribution in [3.05, 3.63) is 35.8 Å². The summed E-state index contributed by atoms with van der Waals surface area (Å²) in [6, 6.07) is 5.37. The predicted octanol–water partition coefficient (Wildman–Crippen LogP) is 4.77. The second kappa shape index (κ2) is 6.25. The third kappa shape index (κ3) is 3.75. The minimum absolute atomic E-state index is 0.118. The number of piperidine rings is 1. The largest absolute Gasteiger partial charge is 0.464 e. The van der Waals surface area contributed by atoms with Crippen LogP contribution in [0.2, 0.25) is 0 Å². The second-order valence-electron chi connectivity index (χ2n) is 7.67. The number of benzene rings is 1. The van der Waals surface area contributed by atoms with Gasteiger partial charge in [-0.05, 0) is 62.8 Å². The van der Waals surface area contributed by atoms with E-state index in [-0.39, 0.29) is 11.4 Å². The summed E-state index contributed by atoms with van der Waals surface area (Å²) in [5.41, 5.74) is 1.58. The van der Waals surface area contributed by atoms with Crippen LogP contribution >= 0.6 is 0 Å². The Labute approximate surface area is 137 Å². The van der Waals surface area contributed by atoms with E-state index < -0.39 is 0 Å². The summed E-state index contributed by atoms with van der Waals surface area (Å²) in [6.45, 7) is 11.1. The fourth-order valence-corrected chi connectivity index (χ4v) is 3.39. The number of ether oxygens (including phenoxy) is 1. The average Bonchev–Trinajstić information content (AvgIpc) is 2.93. The van der Waals surface area contributed by atoms with Gasteiger partial charge in [-0.3, -0.25) is 4.90 Å². The molecule has 2 aromatic rings. The van der Waals surface area contributed by atoms with Gasteiger partial charge in [0.25, 0.3) is 0 Å². The molecular formula is C19H26FNO2. The van der Waals surface area contributed by atoms with Crippen molar-refractivity contribution in [3.8, 4) is 0 Å². The summed E-state index contributed by atoms with van der Waals surface area (Å²) in [7, 11) is 0. The van der Waals surface area contributed by atoms with Crippen LogP contribution in [0.3, 0.4) is 0 Å². The summed E-state index contributed by atoms with van der Waals surface area (Å²) < 4.78 is 25.5. The van der Waals surface area contributed by atoms with Crippen molar-refractivity contribution < 1.29 is 13.5 Å². The topological polar surface area (TPSA) is 25.6 Å². The van der Waals surface area contributed by atoms with E-state index in [1.165, 1.54) is 0 Å². The van der Waals surface area contributed by atoms with E-state index in [0.29, 0.717) is 29.5 Å². The molecule has 0 spiro atoms. The van der Waals surface area contributed by atoms with Crippen LogP contribution in [0.5, 0.6) is 0 Å². The third-order valence-corrected chi connectivity index (χ3v) is 4.64. The van der Waals surface area contributed by atoms with Gasteiger partial charge in [-0.15, -0.1) is 0 Å². The normalized spacial score (nSPS) is 23.5. The van der Waals surface area contributed by atoms with Crippen LogP contribution in [0, 0.1) is 11.7 Å². The van der Waals surface area contributed by atoms with E-state index >= 15 is 0 Å². The highest BCUT2D eigenvalue weighted by molar-refractivity contribution is 5.78. The van der Waals surface area contributed by atoms with Crippen molar-refractivity contribution in [1.82, 2.24) is 4.90 Å². The van der Waals surface area contributed by atoms with Crippen LogP contribution in [0.15, 0.2) is 28.9 Å². The Kier molecular flexibility index (Phi) is 4.47. The Hall–Kier alpha value is -1.39. The second-order valence-corrected chi connectivity index (χ2v) is 7.67. The molecule has 0 unspecified atom stereocenters. The highest BCUT2D eigenvalue weighted by Crippen LogP contribution is 2.35. The lowest BCUT2D eigenvalue weighted by molar-refractivity contribution is -0.0744. The van der Waals surface area contributed by atoms with Gasteiger partial charge in [-0.25, -0.2) is 4.39 Å². The van der Waals surface area contributed by atoms with Gasteiger partial charge < -0.3 is 9.15 Å². The molecule has 4 heteroatoms. The quantitative estimate of drug-likeness (QED) is 0.815. The zero-order chi connectivity index (χ0) is 16.6. The molecule has 0 N–H and O–H groups in total. The first-order valence-corrected chi connectivity index (χ1v) is 8.36. The predicted molar refractivity (Wildman–Crippen MR) is 90.0 cm³/mol. The Morgan fingerprint density at radius 3 is 2.83 bits per heavy atom. The van der Waals surface area contributed by atoms with Crippen molar-refractivity contribution in [2.24, 2.45) is 5.92 Å². The van der Waals surface area contributed by atoms with Crippen LogP contribution in [0.4, 0.5) is 4.39 Å². The van der Waals surface area contributed by atoms with Crippen LogP contribution < -0.4 is 0 Å². The number of halogens is 1. The van der Waals surface area contributed by atoms with Gasteiger partial charge in [0.2, 0.25) is 0 Å². The molecule has 0 aliphatic carbocycles. The Morgan fingerprint density at radius 2 is 2.13 bits per heavy atom. The minimum atomic E-state index is -0.183. The van der Waals surface area contributed by atoms with Crippen molar-refractivity contribution >= 4 is 11.0 Å². The first-order valence-electron chi connectivity index (χ1n) is 8.36. The molecule has 2 heterocycles. The molecule has 1 aliphatic heterocycles. The Balaban J connectivity index is 1.70. The first-order chi connectivity index (χ1) is 10.8. The number of nitrogens with zero attached hydrogens (tertiary/aromatic N) is 1. The van der Waals surface area contributed by atoms with E-state index in [0.717, 1.165) is 25.1 Å². The molecule has 0 amide bonds. The summed E-state index contributed by atoms with van der Waals surface area (Å²) in [6.07, 6.45) is 2.56. The Bertz CT molecular complexity index is 674. The monoisotopic (exact) mass is 319 g/mol. The molecular weight excluding hydrogens is 293 g/mol. The van der Waals surface area contributed by atoms with Crippen molar-refractivity contribution in [3.63, 3.8) is 0 Å². The van der Waals surface area contributed by atoms with E-state index in [2.05, 4.69) is 32.6 Å². The first kappa shape index (κ1) is 16.5. The van der Waals surface area contributed by atoms with Crippen LogP contribution in [-0.4, -0.2) is 30.3 Å². The zero-order valence-electron chi connectivity index (χ0n) is 14.4. The SMILES string of the molecule is C[C@H]1CN(COC(C)(C)C)CC[C@H]1c1cc(F)c2ccoc2c1. The molecule has 3 nitrogen and oxygen atoms in total. The fourth-order valence-electron chi connectivity index (χ4n) is 3.39. The number of hydrogen-bond acceptors (Lipinski definition) is 3. The van der Waals surface area contributed by atoms with E-state index in [1.54, 1.807) is 18.4 Å². The molecule has 23 heavy (non-hydrogen) atoms. The molecule has 1 aromatic carbocycles. The number of furan rings is 1. The molecule has 1 fully saturated rings. The molecule has 0 radical (unpaired) electrons. The van der Waals surface area contributed by atoms with Gasteiger partial charge in [0, 0.05) is 13.1 Å². The minimum Gasteiger partial charge on any atom is -0.464 e. The molecule has 126 valence electrons. The number of likely N-dealkylation sites (tertiary alicyclic amines) is 1. The average molecular weight is 319 g/mol. The van der Waals surface area contributed by atoms with Crippen LogP contribution in [0.25, 0.3) is 11.0 Å². The molecule has 2 atom stereocenters.